The van der Waals surface area contributed by atoms with Crippen molar-refractivity contribution in [2.75, 3.05) is 13.2 Å². The Morgan fingerprint density at radius 2 is 2.06 bits per heavy atom. The molecular formula is C12H14ClNO2. The molecule has 4 heteroatoms. The van der Waals surface area contributed by atoms with Crippen LogP contribution in [0.25, 0.3) is 0 Å². The minimum atomic E-state index is -0.197. The lowest BCUT2D eigenvalue weighted by Gasteiger charge is -2.05. The number of rotatable bonds is 6. The predicted octanol–water partition coefficient (Wildman–Crippen LogP) is 2.07. The number of amides is 1. The third kappa shape index (κ3) is 5.53. The molecular weight excluding hydrogens is 226 g/mol. The van der Waals surface area contributed by atoms with Gasteiger partial charge in [0.2, 0.25) is 5.91 Å². The molecule has 0 aliphatic carbocycles. The molecule has 0 spiro atoms. The van der Waals surface area contributed by atoms with Crippen LogP contribution in [0.1, 0.15) is 5.56 Å². The SMILES string of the molecule is C=C(Cl)CNC(=O)COCc1ccccc1. The van der Waals surface area contributed by atoms with Crippen LogP contribution in [0.15, 0.2) is 41.9 Å². The van der Waals surface area contributed by atoms with E-state index >= 15 is 0 Å². The van der Waals surface area contributed by atoms with E-state index in [0.29, 0.717) is 11.6 Å². The van der Waals surface area contributed by atoms with Crippen LogP contribution in [0.4, 0.5) is 0 Å². The zero-order valence-corrected chi connectivity index (χ0v) is 9.67. The van der Waals surface area contributed by atoms with Crippen molar-refractivity contribution in [1.82, 2.24) is 5.32 Å². The van der Waals surface area contributed by atoms with E-state index in [1.807, 2.05) is 30.3 Å². The lowest BCUT2D eigenvalue weighted by molar-refractivity contribution is -0.125. The van der Waals surface area contributed by atoms with E-state index in [1.165, 1.54) is 0 Å². The van der Waals surface area contributed by atoms with Gasteiger partial charge in [-0.2, -0.15) is 0 Å². The first kappa shape index (κ1) is 12.7. The second kappa shape index (κ2) is 7.04. The third-order valence-electron chi connectivity index (χ3n) is 1.82. The van der Waals surface area contributed by atoms with Crippen molar-refractivity contribution in [1.29, 1.82) is 0 Å². The third-order valence-corrected chi connectivity index (χ3v) is 1.96. The number of hydrogen-bond acceptors (Lipinski definition) is 2. The van der Waals surface area contributed by atoms with Crippen molar-refractivity contribution in [2.24, 2.45) is 0 Å². The second-order valence-electron chi connectivity index (χ2n) is 3.27. The van der Waals surface area contributed by atoms with Crippen molar-refractivity contribution >= 4 is 17.5 Å². The first-order valence-electron chi connectivity index (χ1n) is 4.90. The van der Waals surface area contributed by atoms with Crippen molar-refractivity contribution < 1.29 is 9.53 Å². The minimum absolute atomic E-state index is 0.0268. The van der Waals surface area contributed by atoms with Gasteiger partial charge in [-0.1, -0.05) is 48.5 Å². The van der Waals surface area contributed by atoms with E-state index in [9.17, 15) is 4.79 Å². The monoisotopic (exact) mass is 239 g/mol. The summed E-state index contributed by atoms with van der Waals surface area (Å²) in [6.07, 6.45) is 0. The average Bonchev–Trinajstić information content (AvgIpc) is 2.28. The Labute approximate surface area is 100 Å². The Kier molecular flexibility index (Phi) is 5.61. The summed E-state index contributed by atoms with van der Waals surface area (Å²) in [6, 6.07) is 9.67. The van der Waals surface area contributed by atoms with Crippen LogP contribution >= 0.6 is 11.6 Å². The Bertz CT molecular complexity index is 351. The molecule has 0 fully saturated rings. The molecule has 0 atom stereocenters. The maximum atomic E-state index is 11.2. The summed E-state index contributed by atoms with van der Waals surface area (Å²) in [6.45, 7) is 4.19. The van der Waals surface area contributed by atoms with Gasteiger partial charge in [0, 0.05) is 5.03 Å². The Balaban J connectivity index is 2.16. The number of ether oxygens (including phenoxy) is 1. The molecule has 0 radical (unpaired) electrons. The molecule has 1 aromatic carbocycles. The van der Waals surface area contributed by atoms with Gasteiger partial charge in [0.1, 0.15) is 6.61 Å². The van der Waals surface area contributed by atoms with E-state index in [-0.39, 0.29) is 19.1 Å². The molecule has 0 heterocycles. The fraction of sp³-hybridized carbons (Fsp3) is 0.250. The van der Waals surface area contributed by atoms with Crippen LogP contribution in [0.3, 0.4) is 0 Å². The van der Waals surface area contributed by atoms with Crippen LogP contribution in [0.5, 0.6) is 0 Å². The van der Waals surface area contributed by atoms with E-state index in [1.54, 1.807) is 0 Å². The zero-order valence-electron chi connectivity index (χ0n) is 8.91. The molecule has 0 saturated carbocycles. The van der Waals surface area contributed by atoms with E-state index < -0.39 is 0 Å². The number of carbonyl (C=O) groups excluding carboxylic acids is 1. The van der Waals surface area contributed by atoms with Crippen LogP contribution < -0.4 is 5.32 Å². The molecule has 0 aliphatic heterocycles. The van der Waals surface area contributed by atoms with Crippen LogP contribution in [0.2, 0.25) is 0 Å². The summed E-state index contributed by atoms with van der Waals surface area (Å²) >= 11 is 5.50. The van der Waals surface area contributed by atoms with Gasteiger partial charge < -0.3 is 10.1 Å². The van der Waals surface area contributed by atoms with Crippen LogP contribution in [0, 0.1) is 0 Å². The minimum Gasteiger partial charge on any atom is -0.367 e. The number of hydrogen-bond donors (Lipinski definition) is 1. The van der Waals surface area contributed by atoms with Crippen molar-refractivity contribution in [3.63, 3.8) is 0 Å². The largest absolute Gasteiger partial charge is 0.367 e. The molecule has 0 aliphatic rings. The molecule has 3 nitrogen and oxygen atoms in total. The number of halogens is 1. The number of nitrogens with one attached hydrogen (secondary N) is 1. The molecule has 1 amide bonds. The van der Waals surface area contributed by atoms with Gasteiger partial charge in [0.25, 0.3) is 0 Å². The highest BCUT2D eigenvalue weighted by Crippen LogP contribution is 2.00. The molecule has 1 aromatic rings. The smallest absolute Gasteiger partial charge is 0.246 e. The van der Waals surface area contributed by atoms with Crippen molar-refractivity contribution in [2.45, 2.75) is 6.61 Å². The molecule has 1 N–H and O–H groups in total. The van der Waals surface area contributed by atoms with Gasteiger partial charge in [-0.3, -0.25) is 4.79 Å². The van der Waals surface area contributed by atoms with Gasteiger partial charge in [-0.05, 0) is 5.56 Å². The van der Waals surface area contributed by atoms with E-state index in [0.717, 1.165) is 5.56 Å². The number of carbonyl (C=O) groups is 1. The highest BCUT2D eigenvalue weighted by Gasteiger charge is 2.01. The number of benzene rings is 1. The Hall–Kier alpha value is -1.32. The van der Waals surface area contributed by atoms with Crippen molar-refractivity contribution in [3.05, 3.63) is 47.5 Å². The molecule has 0 saturated heterocycles. The molecule has 0 aromatic heterocycles. The maximum absolute atomic E-state index is 11.2. The maximum Gasteiger partial charge on any atom is 0.246 e. The molecule has 0 bridgehead atoms. The summed E-state index contributed by atoms with van der Waals surface area (Å²) in [5.74, 6) is -0.197. The topological polar surface area (TPSA) is 38.3 Å². The molecule has 0 unspecified atom stereocenters. The van der Waals surface area contributed by atoms with Crippen LogP contribution in [-0.2, 0) is 16.1 Å². The van der Waals surface area contributed by atoms with Gasteiger partial charge in [-0.15, -0.1) is 0 Å². The van der Waals surface area contributed by atoms with Gasteiger partial charge in [-0.25, -0.2) is 0 Å². The van der Waals surface area contributed by atoms with Gasteiger partial charge >= 0.3 is 0 Å². The summed E-state index contributed by atoms with van der Waals surface area (Å²) in [5, 5.41) is 2.97. The standard InChI is InChI=1S/C12H14ClNO2/c1-10(13)7-14-12(15)9-16-8-11-5-3-2-4-6-11/h2-6H,1,7-9H2,(H,14,15). The average molecular weight is 240 g/mol. The first-order valence-corrected chi connectivity index (χ1v) is 5.28. The Morgan fingerprint density at radius 3 is 2.69 bits per heavy atom. The lowest BCUT2D eigenvalue weighted by Crippen LogP contribution is -2.28. The first-order chi connectivity index (χ1) is 7.68. The highest BCUT2D eigenvalue weighted by atomic mass is 35.5. The second-order valence-corrected chi connectivity index (χ2v) is 3.81. The molecule has 16 heavy (non-hydrogen) atoms. The zero-order chi connectivity index (χ0) is 11.8. The van der Waals surface area contributed by atoms with Gasteiger partial charge in [0.05, 0.1) is 13.2 Å². The molecule has 86 valence electrons. The Morgan fingerprint density at radius 1 is 1.38 bits per heavy atom. The van der Waals surface area contributed by atoms with E-state index in [2.05, 4.69) is 11.9 Å². The quantitative estimate of drug-likeness (QED) is 0.826. The normalized spacial score (nSPS) is 9.81. The van der Waals surface area contributed by atoms with Crippen LogP contribution in [-0.4, -0.2) is 19.1 Å². The fourth-order valence-electron chi connectivity index (χ4n) is 1.08. The fourth-order valence-corrected chi connectivity index (χ4v) is 1.15. The summed E-state index contributed by atoms with van der Waals surface area (Å²) in [7, 11) is 0. The summed E-state index contributed by atoms with van der Waals surface area (Å²) in [4.78, 5) is 11.2. The summed E-state index contributed by atoms with van der Waals surface area (Å²) < 4.78 is 5.23. The van der Waals surface area contributed by atoms with Gasteiger partial charge in [0.15, 0.2) is 0 Å². The predicted molar refractivity (Wildman–Crippen MR) is 64.1 cm³/mol. The van der Waals surface area contributed by atoms with Crippen molar-refractivity contribution in [3.8, 4) is 0 Å². The molecule has 1 rings (SSSR count). The van der Waals surface area contributed by atoms with E-state index in [4.69, 9.17) is 16.3 Å². The lowest BCUT2D eigenvalue weighted by atomic mass is 10.2. The highest BCUT2D eigenvalue weighted by molar-refractivity contribution is 6.29. The summed E-state index contributed by atoms with van der Waals surface area (Å²) in [5.41, 5.74) is 1.04.